The molecule has 0 unspecified atom stereocenters. The number of benzene rings is 3. The van der Waals surface area contributed by atoms with Crippen LogP contribution in [0.15, 0.2) is 67.3 Å². The molecule has 0 bridgehead atoms. The van der Waals surface area contributed by atoms with Gasteiger partial charge in [-0.3, -0.25) is 0 Å². The predicted molar refractivity (Wildman–Crippen MR) is 101 cm³/mol. The van der Waals surface area contributed by atoms with Crippen molar-refractivity contribution in [2.24, 2.45) is 0 Å². The van der Waals surface area contributed by atoms with Gasteiger partial charge >= 0.3 is 0 Å². The molecule has 3 heteroatoms. The molecular formula is C23H19F2O. The van der Waals surface area contributed by atoms with Gasteiger partial charge in [-0.1, -0.05) is 30.3 Å². The fourth-order valence-corrected chi connectivity index (χ4v) is 2.87. The van der Waals surface area contributed by atoms with E-state index in [1.54, 1.807) is 24.3 Å². The highest BCUT2D eigenvalue weighted by Gasteiger charge is 2.16. The first kappa shape index (κ1) is 17.9. The maximum atomic E-state index is 15.2. The van der Waals surface area contributed by atoms with Crippen LogP contribution in [0.25, 0.3) is 22.3 Å². The molecule has 3 rings (SSSR count). The first-order valence-corrected chi connectivity index (χ1v) is 8.47. The number of ether oxygens (including phenoxy) is 1. The minimum absolute atomic E-state index is 0.313. The van der Waals surface area contributed by atoms with Crippen LogP contribution in [0.2, 0.25) is 0 Å². The van der Waals surface area contributed by atoms with Crippen molar-refractivity contribution in [1.82, 2.24) is 0 Å². The molecule has 26 heavy (non-hydrogen) atoms. The number of hydrogen-bond donors (Lipinski definition) is 0. The largest absolute Gasteiger partial charge is 0.494 e. The maximum absolute atomic E-state index is 15.2. The van der Waals surface area contributed by atoms with Crippen LogP contribution in [-0.4, -0.2) is 6.61 Å². The molecule has 0 heterocycles. The maximum Gasteiger partial charge on any atom is 0.135 e. The minimum Gasteiger partial charge on any atom is -0.494 e. The summed E-state index contributed by atoms with van der Waals surface area (Å²) in [4.78, 5) is 0. The van der Waals surface area contributed by atoms with E-state index in [0.29, 0.717) is 40.8 Å². The molecule has 0 aliphatic carbocycles. The van der Waals surface area contributed by atoms with Crippen LogP contribution in [0.5, 0.6) is 5.75 Å². The van der Waals surface area contributed by atoms with Crippen molar-refractivity contribution in [1.29, 1.82) is 0 Å². The van der Waals surface area contributed by atoms with Crippen molar-refractivity contribution in [2.45, 2.75) is 13.3 Å². The van der Waals surface area contributed by atoms with Gasteiger partial charge in [-0.15, -0.1) is 6.58 Å². The third-order valence-corrected chi connectivity index (χ3v) is 4.09. The molecular weight excluding hydrogens is 330 g/mol. The summed E-state index contributed by atoms with van der Waals surface area (Å²) in [6.07, 6.45) is 2.07. The Morgan fingerprint density at radius 3 is 2.27 bits per heavy atom. The Balaban J connectivity index is 2.17. The molecule has 0 amide bonds. The Hall–Kier alpha value is -2.94. The third kappa shape index (κ3) is 3.67. The lowest BCUT2D eigenvalue weighted by atomic mass is 9.91. The summed E-state index contributed by atoms with van der Waals surface area (Å²) in [5.74, 6) is 0.0819. The Bertz CT molecular complexity index is 897. The van der Waals surface area contributed by atoms with Crippen molar-refractivity contribution >= 4 is 0 Å². The summed E-state index contributed by atoms with van der Waals surface area (Å²) in [5, 5.41) is 0. The van der Waals surface area contributed by atoms with Crippen LogP contribution < -0.4 is 4.74 Å². The zero-order chi connectivity index (χ0) is 18.5. The van der Waals surface area contributed by atoms with Crippen LogP contribution in [0, 0.1) is 17.7 Å². The molecule has 3 aromatic carbocycles. The molecule has 0 spiro atoms. The van der Waals surface area contributed by atoms with Crippen molar-refractivity contribution in [3.05, 3.63) is 90.5 Å². The minimum atomic E-state index is -0.333. The summed E-state index contributed by atoms with van der Waals surface area (Å²) in [6, 6.07) is 18.0. The SMILES string of the molecule is C=CCc1c[c]c(-c2ccc(F)cc2)c(-c2ccc(OCC)cc2)c1F. The molecule has 0 aromatic heterocycles. The van der Waals surface area contributed by atoms with E-state index in [1.807, 2.05) is 31.2 Å². The molecule has 0 saturated carbocycles. The number of halogens is 2. The predicted octanol–water partition coefficient (Wildman–Crippen LogP) is 6.23. The van der Waals surface area contributed by atoms with Crippen LogP contribution in [0.4, 0.5) is 8.78 Å². The summed E-state index contributed by atoms with van der Waals surface area (Å²) in [6.45, 7) is 6.16. The Labute approximate surface area is 152 Å². The van der Waals surface area contributed by atoms with E-state index in [9.17, 15) is 4.39 Å². The Kier molecular flexibility index (Phi) is 5.47. The van der Waals surface area contributed by atoms with Gasteiger partial charge in [-0.25, -0.2) is 8.78 Å². The number of hydrogen-bond acceptors (Lipinski definition) is 1. The number of rotatable bonds is 6. The molecule has 0 fully saturated rings. The van der Waals surface area contributed by atoms with E-state index < -0.39 is 0 Å². The lowest BCUT2D eigenvalue weighted by molar-refractivity contribution is 0.340. The molecule has 131 valence electrons. The van der Waals surface area contributed by atoms with Gasteiger partial charge in [0, 0.05) is 11.1 Å². The second-order valence-electron chi connectivity index (χ2n) is 5.83. The lowest BCUT2D eigenvalue weighted by Gasteiger charge is -2.14. The fraction of sp³-hybridized carbons (Fsp3) is 0.130. The van der Waals surface area contributed by atoms with Gasteiger partial charge in [0.1, 0.15) is 17.4 Å². The van der Waals surface area contributed by atoms with Crippen LogP contribution in [0.1, 0.15) is 12.5 Å². The van der Waals surface area contributed by atoms with E-state index in [1.165, 1.54) is 12.1 Å². The van der Waals surface area contributed by atoms with Gasteiger partial charge in [0.05, 0.1) is 6.61 Å². The first-order chi connectivity index (χ1) is 12.6. The van der Waals surface area contributed by atoms with Crippen molar-refractivity contribution < 1.29 is 13.5 Å². The van der Waals surface area contributed by atoms with E-state index in [0.717, 1.165) is 5.75 Å². The molecule has 3 aromatic rings. The monoisotopic (exact) mass is 349 g/mol. The van der Waals surface area contributed by atoms with Crippen LogP contribution in [-0.2, 0) is 6.42 Å². The van der Waals surface area contributed by atoms with Gasteiger partial charge in [-0.05, 0) is 66.4 Å². The summed E-state index contributed by atoms with van der Waals surface area (Å²) < 4.78 is 34.0. The molecule has 0 aliphatic rings. The summed E-state index contributed by atoms with van der Waals surface area (Å²) in [5.41, 5.74) is 2.99. The highest BCUT2D eigenvalue weighted by atomic mass is 19.1. The zero-order valence-corrected chi connectivity index (χ0v) is 14.6. The van der Waals surface area contributed by atoms with Gasteiger partial charge in [-0.2, -0.15) is 0 Å². The second kappa shape index (κ2) is 7.96. The average Bonchev–Trinajstić information content (AvgIpc) is 2.65. The van der Waals surface area contributed by atoms with E-state index in [2.05, 4.69) is 12.6 Å². The first-order valence-electron chi connectivity index (χ1n) is 8.47. The van der Waals surface area contributed by atoms with Crippen LogP contribution >= 0.6 is 0 Å². The van der Waals surface area contributed by atoms with Crippen molar-refractivity contribution in [3.8, 4) is 28.0 Å². The summed E-state index contributed by atoms with van der Waals surface area (Å²) >= 11 is 0. The zero-order valence-electron chi connectivity index (χ0n) is 14.6. The Morgan fingerprint density at radius 1 is 1.00 bits per heavy atom. The van der Waals surface area contributed by atoms with Crippen molar-refractivity contribution in [2.75, 3.05) is 6.61 Å². The van der Waals surface area contributed by atoms with Gasteiger partial charge in [0.15, 0.2) is 0 Å². The Morgan fingerprint density at radius 2 is 1.65 bits per heavy atom. The second-order valence-corrected chi connectivity index (χ2v) is 5.83. The van der Waals surface area contributed by atoms with Gasteiger partial charge in [0.25, 0.3) is 0 Å². The van der Waals surface area contributed by atoms with Gasteiger partial charge < -0.3 is 4.74 Å². The lowest BCUT2D eigenvalue weighted by Crippen LogP contribution is -1.97. The van der Waals surface area contributed by atoms with E-state index in [-0.39, 0.29) is 11.6 Å². The summed E-state index contributed by atoms with van der Waals surface area (Å²) in [7, 11) is 0. The molecule has 1 nitrogen and oxygen atoms in total. The topological polar surface area (TPSA) is 9.23 Å². The van der Waals surface area contributed by atoms with E-state index in [4.69, 9.17) is 4.74 Å². The highest BCUT2D eigenvalue weighted by Crippen LogP contribution is 2.36. The molecule has 0 aliphatic heterocycles. The molecule has 0 N–H and O–H groups in total. The standard InChI is InChI=1S/C23H19F2O/c1-3-5-18-10-15-21(16-6-11-19(24)12-7-16)22(23(18)25)17-8-13-20(14-9-17)26-4-2/h3,6-14H,1,4-5H2,2H3. The molecule has 0 saturated heterocycles. The smallest absolute Gasteiger partial charge is 0.135 e. The van der Waals surface area contributed by atoms with Gasteiger partial charge in [0.2, 0.25) is 0 Å². The average molecular weight is 349 g/mol. The molecule has 0 atom stereocenters. The highest BCUT2D eigenvalue weighted by molar-refractivity contribution is 5.84. The third-order valence-electron chi connectivity index (χ3n) is 4.09. The number of allylic oxidation sites excluding steroid dienone is 1. The van der Waals surface area contributed by atoms with Crippen molar-refractivity contribution in [3.63, 3.8) is 0 Å². The molecule has 1 radical (unpaired) electrons. The fourth-order valence-electron chi connectivity index (χ4n) is 2.87. The normalized spacial score (nSPS) is 10.6. The van der Waals surface area contributed by atoms with E-state index >= 15 is 4.39 Å². The quantitative estimate of drug-likeness (QED) is 0.480. The van der Waals surface area contributed by atoms with Crippen LogP contribution in [0.3, 0.4) is 0 Å².